The Hall–Kier alpha value is -2.38. The maximum absolute atomic E-state index is 12.8. The molecule has 0 bridgehead atoms. The van der Waals surface area contributed by atoms with Gasteiger partial charge in [0.2, 0.25) is 12.7 Å². The van der Waals surface area contributed by atoms with E-state index in [0.717, 1.165) is 17.3 Å². The molecule has 2 aliphatic heterocycles. The summed E-state index contributed by atoms with van der Waals surface area (Å²) in [7, 11) is 1.55. The number of benzene rings is 2. The Balaban J connectivity index is 1.59. The molecule has 26 heavy (non-hydrogen) atoms. The molecule has 2 amide bonds. The Kier molecular flexibility index (Phi) is 4.42. The topological polar surface area (TPSA) is 65.1 Å². The van der Waals surface area contributed by atoms with Crippen LogP contribution < -0.4 is 19.1 Å². The van der Waals surface area contributed by atoms with Gasteiger partial charge in [0, 0.05) is 11.1 Å². The Morgan fingerprint density at radius 3 is 2.58 bits per heavy atom. The van der Waals surface area contributed by atoms with E-state index < -0.39 is 5.25 Å². The number of carbonyl (C=O) groups excluding carboxylic acids is 2. The lowest BCUT2D eigenvalue weighted by Gasteiger charge is -2.15. The molecule has 4 rings (SSSR count). The number of imide groups is 1. The fourth-order valence-electron chi connectivity index (χ4n) is 2.93. The van der Waals surface area contributed by atoms with Gasteiger partial charge in [-0.05, 0) is 42.3 Å². The summed E-state index contributed by atoms with van der Waals surface area (Å²) in [5, 5.41) is -0.295. The third-order valence-electron chi connectivity index (χ3n) is 4.19. The van der Waals surface area contributed by atoms with Crippen LogP contribution in [-0.2, 0) is 11.2 Å². The van der Waals surface area contributed by atoms with Crippen LogP contribution in [0.3, 0.4) is 0 Å². The summed E-state index contributed by atoms with van der Waals surface area (Å²) in [6.45, 7) is 0.155. The molecule has 1 atom stereocenters. The van der Waals surface area contributed by atoms with Gasteiger partial charge in [-0.3, -0.25) is 9.59 Å². The number of ether oxygens (including phenoxy) is 3. The van der Waals surface area contributed by atoms with E-state index in [1.807, 2.05) is 0 Å². The summed E-state index contributed by atoms with van der Waals surface area (Å²) >= 11 is 6.88. The Labute approximate surface area is 159 Å². The van der Waals surface area contributed by atoms with E-state index in [2.05, 4.69) is 0 Å². The highest BCUT2D eigenvalue weighted by atomic mass is 35.5. The number of rotatable bonds is 4. The van der Waals surface area contributed by atoms with Crippen LogP contribution >= 0.6 is 23.4 Å². The van der Waals surface area contributed by atoms with Crippen LogP contribution in [0.5, 0.6) is 17.2 Å². The first-order chi connectivity index (χ1) is 12.6. The molecule has 0 unspecified atom stereocenters. The first-order valence-electron chi connectivity index (χ1n) is 7.83. The Morgan fingerprint density at radius 1 is 1.19 bits per heavy atom. The first kappa shape index (κ1) is 17.1. The van der Waals surface area contributed by atoms with Crippen molar-refractivity contribution in [1.82, 2.24) is 0 Å². The molecule has 1 saturated heterocycles. The molecule has 8 heteroatoms. The van der Waals surface area contributed by atoms with Crippen molar-refractivity contribution in [3.8, 4) is 17.2 Å². The third kappa shape index (κ3) is 2.97. The Bertz CT molecular complexity index is 886. The smallest absolute Gasteiger partial charge is 0.293 e. The van der Waals surface area contributed by atoms with Crippen molar-refractivity contribution in [3.63, 3.8) is 0 Å². The van der Waals surface area contributed by atoms with Gasteiger partial charge < -0.3 is 14.2 Å². The van der Waals surface area contributed by atoms with E-state index >= 15 is 0 Å². The summed E-state index contributed by atoms with van der Waals surface area (Å²) in [5.41, 5.74) is 1.30. The number of amides is 2. The van der Waals surface area contributed by atoms with Gasteiger partial charge >= 0.3 is 0 Å². The fourth-order valence-corrected chi connectivity index (χ4v) is 4.06. The molecular weight excluding hydrogens is 378 g/mol. The van der Waals surface area contributed by atoms with E-state index in [1.165, 1.54) is 4.90 Å². The lowest BCUT2D eigenvalue weighted by atomic mass is 10.1. The zero-order chi connectivity index (χ0) is 18.3. The Morgan fingerprint density at radius 2 is 1.88 bits per heavy atom. The summed E-state index contributed by atoms with van der Waals surface area (Å²) in [5.74, 6) is 1.55. The van der Waals surface area contributed by atoms with Gasteiger partial charge in [-0.1, -0.05) is 23.4 Å². The van der Waals surface area contributed by atoms with Crippen LogP contribution in [0.2, 0.25) is 5.02 Å². The lowest BCUT2D eigenvalue weighted by Crippen LogP contribution is -2.32. The lowest BCUT2D eigenvalue weighted by molar-refractivity contribution is -0.117. The number of halogens is 1. The van der Waals surface area contributed by atoms with Crippen LogP contribution in [0.15, 0.2) is 36.4 Å². The minimum absolute atomic E-state index is 0.155. The molecule has 2 aliphatic rings. The second-order valence-electron chi connectivity index (χ2n) is 5.74. The molecule has 2 aromatic carbocycles. The predicted octanol–water partition coefficient (Wildman–Crippen LogP) is 3.89. The van der Waals surface area contributed by atoms with E-state index in [-0.39, 0.29) is 17.9 Å². The molecule has 0 radical (unpaired) electrons. The molecule has 1 fully saturated rings. The molecule has 2 aromatic rings. The largest absolute Gasteiger partial charge is 0.496 e. The first-order valence-corrected chi connectivity index (χ1v) is 9.09. The number of nitrogens with zero attached hydrogens (tertiary/aromatic N) is 1. The number of thioether (sulfide) groups is 1. The predicted molar refractivity (Wildman–Crippen MR) is 98.5 cm³/mol. The maximum atomic E-state index is 12.8. The second-order valence-corrected chi connectivity index (χ2v) is 7.33. The molecule has 2 heterocycles. The molecule has 134 valence electrons. The SMILES string of the molecule is COc1cc2c(cc1C[C@H]1SC(=O)N(c3ccc(Cl)cc3)C1=O)OCO2. The van der Waals surface area contributed by atoms with Crippen molar-refractivity contribution >= 4 is 40.2 Å². The zero-order valence-corrected chi connectivity index (χ0v) is 15.3. The number of carbonyl (C=O) groups is 2. The van der Waals surface area contributed by atoms with Crippen molar-refractivity contribution in [2.45, 2.75) is 11.7 Å². The van der Waals surface area contributed by atoms with E-state index in [4.69, 9.17) is 25.8 Å². The highest BCUT2D eigenvalue weighted by molar-refractivity contribution is 8.15. The van der Waals surface area contributed by atoms with Crippen LogP contribution in [0.25, 0.3) is 0 Å². The average Bonchev–Trinajstić information content (AvgIpc) is 3.19. The van der Waals surface area contributed by atoms with Crippen LogP contribution in [0.1, 0.15) is 5.56 Å². The van der Waals surface area contributed by atoms with Crippen LogP contribution in [0, 0.1) is 0 Å². The minimum atomic E-state index is -0.535. The van der Waals surface area contributed by atoms with Crippen LogP contribution in [-0.4, -0.2) is 30.3 Å². The standard InChI is InChI=1S/C18H14ClNO5S/c1-23-13-8-15-14(24-9-25-15)6-10(13)7-16-17(21)20(18(22)26-16)12-4-2-11(19)3-5-12/h2-6,8,16H,7,9H2,1H3/t16-/m1/s1. The van der Waals surface area contributed by atoms with Gasteiger partial charge in [0.1, 0.15) is 5.75 Å². The number of fused-ring (bicyclic) bond motifs is 1. The average molecular weight is 392 g/mol. The molecule has 0 saturated carbocycles. The second kappa shape index (κ2) is 6.74. The van der Waals surface area contributed by atoms with Crippen LogP contribution in [0.4, 0.5) is 10.5 Å². The number of hydrogen-bond acceptors (Lipinski definition) is 6. The zero-order valence-electron chi connectivity index (χ0n) is 13.7. The van der Waals surface area contributed by atoms with E-state index in [9.17, 15) is 9.59 Å². The molecular formula is C18H14ClNO5S. The number of anilines is 1. The van der Waals surface area contributed by atoms with Crippen molar-refractivity contribution in [2.24, 2.45) is 0 Å². The van der Waals surface area contributed by atoms with E-state index in [1.54, 1.807) is 43.5 Å². The van der Waals surface area contributed by atoms with Gasteiger partial charge in [-0.2, -0.15) is 0 Å². The summed E-state index contributed by atoms with van der Waals surface area (Å²) in [4.78, 5) is 26.4. The van der Waals surface area contributed by atoms with Gasteiger partial charge in [0.05, 0.1) is 18.0 Å². The summed E-state index contributed by atoms with van der Waals surface area (Å²) in [6.07, 6.45) is 0.346. The van der Waals surface area contributed by atoms with Gasteiger partial charge in [-0.15, -0.1) is 0 Å². The van der Waals surface area contributed by atoms with Crippen molar-refractivity contribution in [3.05, 3.63) is 47.0 Å². The molecule has 0 spiro atoms. The van der Waals surface area contributed by atoms with Crippen molar-refractivity contribution < 1.29 is 23.8 Å². The van der Waals surface area contributed by atoms with Gasteiger partial charge in [0.25, 0.3) is 5.24 Å². The monoisotopic (exact) mass is 391 g/mol. The van der Waals surface area contributed by atoms with Gasteiger partial charge in [-0.25, -0.2) is 4.90 Å². The molecule has 0 aliphatic carbocycles. The maximum Gasteiger partial charge on any atom is 0.293 e. The number of hydrogen-bond donors (Lipinski definition) is 0. The molecule has 6 nitrogen and oxygen atoms in total. The molecule has 0 aromatic heterocycles. The minimum Gasteiger partial charge on any atom is -0.496 e. The quantitative estimate of drug-likeness (QED) is 0.787. The number of methoxy groups -OCH3 is 1. The van der Waals surface area contributed by atoms with Gasteiger partial charge in [0.15, 0.2) is 11.5 Å². The van der Waals surface area contributed by atoms with Crippen molar-refractivity contribution in [1.29, 1.82) is 0 Å². The third-order valence-corrected chi connectivity index (χ3v) is 5.48. The normalized spacial score (nSPS) is 18.5. The highest BCUT2D eigenvalue weighted by Gasteiger charge is 2.41. The summed E-state index contributed by atoms with van der Waals surface area (Å²) < 4.78 is 16.1. The fraction of sp³-hybridized carbons (Fsp3) is 0.222. The van der Waals surface area contributed by atoms with Crippen molar-refractivity contribution in [2.75, 3.05) is 18.8 Å². The molecule has 0 N–H and O–H groups in total. The highest BCUT2D eigenvalue weighted by Crippen LogP contribution is 2.41. The summed E-state index contributed by atoms with van der Waals surface area (Å²) in [6, 6.07) is 10.1. The van der Waals surface area contributed by atoms with E-state index in [0.29, 0.717) is 34.4 Å².